The van der Waals surface area contributed by atoms with Crippen molar-refractivity contribution < 1.29 is 14.3 Å². The predicted molar refractivity (Wildman–Crippen MR) is 114 cm³/mol. The summed E-state index contributed by atoms with van der Waals surface area (Å²) in [6.07, 6.45) is 0. The van der Waals surface area contributed by atoms with Crippen LogP contribution < -0.4 is 14.8 Å². The van der Waals surface area contributed by atoms with E-state index < -0.39 is 0 Å². The molecule has 1 amide bonds. The van der Waals surface area contributed by atoms with Gasteiger partial charge in [0.25, 0.3) is 5.91 Å². The van der Waals surface area contributed by atoms with Gasteiger partial charge in [-0.3, -0.25) is 10.1 Å². The molecule has 0 radical (unpaired) electrons. The van der Waals surface area contributed by atoms with Gasteiger partial charge >= 0.3 is 0 Å². The molecule has 0 saturated carbocycles. The number of amides is 1. The molecule has 1 aromatic heterocycles. The van der Waals surface area contributed by atoms with Gasteiger partial charge in [-0.1, -0.05) is 23.7 Å². The Morgan fingerprint density at radius 2 is 1.89 bits per heavy atom. The third-order valence-electron chi connectivity index (χ3n) is 3.99. The SMILES string of the molecule is CCOc1ccccc1-c1csc(NC(=O)COc2cc(C)c(Cl)c(C)c2)n1. The summed E-state index contributed by atoms with van der Waals surface area (Å²) in [6, 6.07) is 11.3. The first-order valence-corrected chi connectivity index (χ1v) is 10.1. The molecule has 0 aliphatic heterocycles. The number of rotatable bonds is 7. The molecular formula is C21H21ClN2O3S. The fourth-order valence-electron chi connectivity index (χ4n) is 2.71. The van der Waals surface area contributed by atoms with Gasteiger partial charge in [-0.25, -0.2) is 4.98 Å². The first-order chi connectivity index (χ1) is 13.5. The second-order valence-corrected chi connectivity index (χ2v) is 7.41. The van der Waals surface area contributed by atoms with Crippen molar-refractivity contribution in [3.8, 4) is 22.8 Å². The van der Waals surface area contributed by atoms with Crippen LogP contribution in [0, 0.1) is 13.8 Å². The summed E-state index contributed by atoms with van der Waals surface area (Å²) in [6.45, 7) is 6.21. The summed E-state index contributed by atoms with van der Waals surface area (Å²) in [5, 5.41) is 5.88. The maximum Gasteiger partial charge on any atom is 0.264 e. The third-order valence-corrected chi connectivity index (χ3v) is 5.35. The van der Waals surface area contributed by atoms with Gasteiger partial charge in [0.1, 0.15) is 11.5 Å². The minimum Gasteiger partial charge on any atom is -0.493 e. The maximum atomic E-state index is 12.2. The predicted octanol–water partition coefficient (Wildman–Crippen LogP) is 5.50. The Balaban J connectivity index is 1.63. The smallest absolute Gasteiger partial charge is 0.264 e. The summed E-state index contributed by atoms with van der Waals surface area (Å²) in [5.41, 5.74) is 3.47. The van der Waals surface area contributed by atoms with E-state index in [1.165, 1.54) is 11.3 Å². The Morgan fingerprint density at radius 3 is 2.61 bits per heavy atom. The van der Waals surface area contributed by atoms with Gasteiger partial charge < -0.3 is 9.47 Å². The summed E-state index contributed by atoms with van der Waals surface area (Å²) >= 11 is 7.51. The highest BCUT2D eigenvalue weighted by Crippen LogP contribution is 2.32. The molecule has 0 atom stereocenters. The number of aryl methyl sites for hydroxylation is 2. The molecule has 2 aromatic carbocycles. The molecule has 0 fully saturated rings. The average Bonchev–Trinajstić information content (AvgIpc) is 3.13. The van der Waals surface area contributed by atoms with Crippen LogP contribution in [0.4, 0.5) is 5.13 Å². The standard InChI is InChI=1S/C21H21ClN2O3S/c1-4-26-18-8-6-5-7-16(18)17-12-28-21(23-17)24-19(25)11-27-15-9-13(2)20(22)14(3)10-15/h5-10,12H,4,11H2,1-3H3,(H,23,24,25). The van der Waals surface area contributed by atoms with E-state index in [2.05, 4.69) is 10.3 Å². The molecule has 0 aliphatic carbocycles. The summed E-state index contributed by atoms with van der Waals surface area (Å²) in [5.74, 6) is 1.11. The van der Waals surface area contributed by atoms with Crippen molar-refractivity contribution >= 4 is 34.0 Å². The molecule has 7 heteroatoms. The largest absolute Gasteiger partial charge is 0.493 e. The monoisotopic (exact) mass is 416 g/mol. The molecule has 3 aromatic rings. The lowest BCUT2D eigenvalue weighted by Gasteiger charge is -2.09. The molecule has 0 saturated heterocycles. The van der Waals surface area contributed by atoms with E-state index in [9.17, 15) is 4.79 Å². The number of ether oxygens (including phenoxy) is 2. The minimum absolute atomic E-state index is 0.106. The van der Waals surface area contributed by atoms with E-state index >= 15 is 0 Å². The van der Waals surface area contributed by atoms with Crippen molar-refractivity contribution in [3.63, 3.8) is 0 Å². The number of hydrogen-bond donors (Lipinski definition) is 1. The van der Waals surface area contributed by atoms with Crippen LogP contribution in [0.1, 0.15) is 18.1 Å². The highest BCUT2D eigenvalue weighted by atomic mass is 35.5. The fraction of sp³-hybridized carbons (Fsp3) is 0.238. The number of anilines is 1. The number of benzene rings is 2. The van der Waals surface area contributed by atoms with Crippen LogP contribution in [0.25, 0.3) is 11.3 Å². The lowest BCUT2D eigenvalue weighted by atomic mass is 10.1. The van der Waals surface area contributed by atoms with Gasteiger partial charge in [0.15, 0.2) is 11.7 Å². The number of nitrogens with zero attached hydrogens (tertiary/aromatic N) is 1. The van der Waals surface area contributed by atoms with Gasteiger partial charge in [0, 0.05) is 16.0 Å². The maximum absolute atomic E-state index is 12.2. The lowest BCUT2D eigenvalue weighted by molar-refractivity contribution is -0.118. The Morgan fingerprint density at radius 1 is 1.18 bits per heavy atom. The number of carbonyl (C=O) groups excluding carboxylic acids is 1. The zero-order chi connectivity index (χ0) is 20.1. The normalized spacial score (nSPS) is 10.6. The molecule has 1 N–H and O–H groups in total. The molecule has 0 spiro atoms. The number of halogens is 1. The van der Waals surface area contributed by atoms with Crippen LogP contribution >= 0.6 is 22.9 Å². The second kappa shape index (κ2) is 9.08. The Labute approximate surface area is 173 Å². The lowest BCUT2D eigenvalue weighted by Crippen LogP contribution is -2.20. The number of thiazole rings is 1. The Bertz CT molecular complexity index is 964. The fourth-order valence-corrected chi connectivity index (χ4v) is 3.54. The zero-order valence-electron chi connectivity index (χ0n) is 15.9. The van der Waals surface area contributed by atoms with Crippen LogP contribution in [0.15, 0.2) is 41.8 Å². The van der Waals surface area contributed by atoms with Crippen LogP contribution in [-0.4, -0.2) is 24.1 Å². The molecule has 0 aliphatic rings. The van der Waals surface area contributed by atoms with Gasteiger partial charge in [0.05, 0.1) is 12.3 Å². The summed E-state index contributed by atoms with van der Waals surface area (Å²) in [7, 11) is 0. The first kappa shape index (κ1) is 20.2. The molecule has 28 heavy (non-hydrogen) atoms. The average molecular weight is 417 g/mol. The van der Waals surface area contributed by atoms with E-state index in [1.54, 1.807) is 0 Å². The second-order valence-electron chi connectivity index (χ2n) is 6.17. The molecular weight excluding hydrogens is 396 g/mol. The highest BCUT2D eigenvalue weighted by molar-refractivity contribution is 7.14. The van der Waals surface area contributed by atoms with Gasteiger partial charge in [-0.05, 0) is 56.2 Å². The van der Waals surface area contributed by atoms with Crippen molar-refractivity contribution in [2.45, 2.75) is 20.8 Å². The van der Waals surface area contributed by atoms with E-state index in [1.807, 2.05) is 62.5 Å². The van der Waals surface area contributed by atoms with Gasteiger partial charge in [0.2, 0.25) is 0 Å². The van der Waals surface area contributed by atoms with Crippen molar-refractivity contribution in [2.75, 3.05) is 18.5 Å². The number of aromatic nitrogens is 1. The number of para-hydroxylation sites is 1. The summed E-state index contributed by atoms with van der Waals surface area (Å²) < 4.78 is 11.2. The number of hydrogen-bond acceptors (Lipinski definition) is 5. The van der Waals surface area contributed by atoms with Crippen LogP contribution in [0.5, 0.6) is 11.5 Å². The first-order valence-electron chi connectivity index (χ1n) is 8.85. The molecule has 146 valence electrons. The van der Waals surface area contributed by atoms with Crippen LogP contribution in [-0.2, 0) is 4.79 Å². The number of carbonyl (C=O) groups is 1. The third kappa shape index (κ3) is 4.82. The van der Waals surface area contributed by atoms with E-state index in [0.29, 0.717) is 22.5 Å². The minimum atomic E-state index is -0.274. The van der Waals surface area contributed by atoms with Crippen molar-refractivity contribution in [1.82, 2.24) is 4.98 Å². The van der Waals surface area contributed by atoms with Crippen molar-refractivity contribution in [3.05, 3.63) is 57.9 Å². The van der Waals surface area contributed by atoms with Gasteiger partial charge in [-0.2, -0.15) is 0 Å². The topological polar surface area (TPSA) is 60.5 Å². The van der Waals surface area contributed by atoms with E-state index in [-0.39, 0.29) is 12.5 Å². The molecule has 0 unspecified atom stereocenters. The molecule has 0 bridgehead atoms. The number of nitrogens with one attached hydrogen (secondary N) is 1. The zero-order valence-corrected chi connectivity index (χ0v) is 17.5. The molecule has 3 rings (SSSR count). The van der Waals surface area contributed by atoms with E-state index in [4.69, 9.17) is 21.1 Å². The highest BCUT2D eigenvalue weighted by Gasteiger charge is 2.12. The Kier molecular flexibility index (Phi) is 6.54. The molecule has 5 nitrogen and oxygen atoms in total. The quantitative estimate of drug-likeness (QED) is 0.552. The summed E-state index contributed by atoms with van der Waals surface area (Å²) in [4.78, 5) is 16.7. The van der Waals surface area contributed by atoms with E-state index in [0.717, 1.165) is 28.1 Å². The van der Waals surface area contributed by atoms with Crippen LogP contribution in [0.3, 0.4) is 0 Å². The van der Waals surface area contributed by atoms with Crippen molar-refractivity contribution in [2.24, 2.45) is 0 Å². The molecule has 1 heterocycles. The Hall–Kier alpha value is -2.57. The van der Waals surface area contributed by atoms with Crippen LogP contribution in [0.2, 0.25) is 5.02 Å². The van der Waals surface area contributed by atoms with Crippen molar-refractivity contribution in [1.29, 1.82) is 0 Å². The van der Waals surface area contributed by atoms with Gasteiger partial charge in [-0.15, -0.1) is 11.3 Å².